The van der Waals surface area contributed by atoms with Crippen LogP contribution in [-0.2, 0) is 10.3 Å². The van der Waals surface area contributed by atoms with Gasteiger partial charge in [-0.15, -0.1) is 0 Å². The lowest BCUT2D eigenvalue weighted by molar-refractivity contribution is -0.0221. The van der Waals surface area contributed by atoms with E-state index in [4.69, 9.17) is 9.26 Å². The molecule has 5 heteroatoms. The first kappa shape index (κ1) is 14.0. The molecule has 1 aliphatic heterocycles. The average Bonchev–Trinajstić information content (AvgIpc) is 3.05. The molecule has 1 aliphatic carbocycles. The number of nitrogens with zero attached hydrogens (tertiary/aromatic N) is 2. The van der Waals surface area contributed by atoms with Gasteiger partial charge in [0.05, 0.1) is 6.04 Å². The zero-order valence-corrected chi connectivity index (χ0v) is 12.7. The van der Waals surface area contributed by atoms with Gasteiger partial charge in [-0.3, -0.25) is 0 Å². The van der Waals surface area contributed by atoms with Crippen molar-refractivity contribution in [2.75, 3.05) is 6.61 Å². The molecule has 2 heterocycles. The summed E-state index contributed by atoms with van der Waals surface area (Å²) in [6.07, 6.45) is 6.45. The summed E-state index contributed by atoms with van der Waals surface area (Å²) in [6, 6.07) is 0.866. The molecule has 2 fully saturated rings. The third kappa shape index (κ3) is 2.61. The van der Waals surface area contributed by atoms with Crippen molar-refractivity contribution in [2.24, 2.45) is 5.92 Å². The number of ether oxygens (including phenoxy) is 1. The Balaban J connectivity index is 1.71. The average molecular weight is 279 g/mol. The van der Waals surface area contributed by atoms with Gasteiger partial charge in [-0.2, -0.15) is 4.98 Å². The van der Waals surface area contributed by atoms with Crippen LogP contribution in [0.1, 0.15) is 70.6 Å². The topological polar surface area (TPSA) is 60.2 Å². The molecule has 3 unspecified atom stereocenters. The molecule has 1 N–H and O–H groups in total. The highest BCUT2D eigenvalue weighted by Gasteiger charge is 2.39. The van der Waals surface area contributed by atoms with Crippen LogP contribution in [0.2, 0.25) is 0 Å². The van der Waals surface area contributed by atoms with Crippen LogP contribution in [0.5, 0.6) is 0 Å². The van der Waals surface area contributed by atoms with Crippen LogP contribution in [0, 0.1) is 5.92 Å². The third-order valence-electron chi connectivity index (χ3n) is 4.65. The van der Waals surface area contributed by atoms with Gasteiger partial charge in [-0.1, -0.05) is 18.0 Å². The van der Waals surface area contributed by atoms with Crippen LogP contribution >= 0.6 is 0 Å². The van der Waals surface area contributed by atoms with E-state index in [1.54, 1.807) is 0 Å². The van der Waals surface area contributed by atoms with E-state index in [9.17, 15) is 0 Å². The number of fused-ring (bicyclic) bond motifs is 1. The van der Waals surface area contributed by atoms with Crippen molar-refractivity contribution in [2.45, 2.75) is 70.6 Å². The molecule has 0 spiro atoms. The van der Waals surface area contributed by atoms with E-state index in [1.165, 1.54) is 25.7 Å². The first-order valence-electron chi connectivity index (χ1n) is 7.84. The number of aromatic nitrogens is 2. The highest BCUT2D eigenvalue weighted by molar-refractivity contribution is 5.04. The minimum atomic E-state index is -0.484. The molecule has 2 aliphatic rings. The van der Waals surface area contributed by atoms with Crippen molar-refractivity contribution in [1.29, 1.82) is 0 Å². The van der Waals surface area contributed by atoms with E-state index in [0.717, 1.165) is 18.2 Å². The number of rotatable bonds is 4. The zero-order chi connectivity index (χ0) is 14.2. The van der Waals surface area contributed by atoms with Crippen molar-refractivity contribution >= 4 is 0 Å². The Morgan fingerprint density at radius 1 is 1.35 bits per heavy atom. The van der Waals surface area contributed by atoms with Crippen molar-refractivity contribution in [1.82, 2.24) is 15.5 Å². The van der Waals surface area contributed by atoms with Crippen LogP contribution in [0.25, 0.3) is 0 Å². The van der Waals surface area contributed by atoms with Gasteiger partial charge in [0.25, 0.3) is 0 Å². The fraction of sp³-hybridized carbons (Fsp3) is 0.867. The predicted molar refractivity (Wildman–Crippen MR) is 75.2 cm³/mol. The molecule has 3 atom stereocenters. The summed E-state index contributed by atoms with van der Waals surface area (Å²) in [7, 11) is 0. The Morgan fingerprint density at radius 2 is 2.15 bits per heavy atom. The molecule has 0 bridgehead atoms. The molecular weight excluding hydrogens is 254 g/mol. The summed E-state index contributed by atoms with van der Waals surface area (Å²) < 4.78 is 11.2. The minimum Gasteiger partial charge on any atom is -0.368 e. The first-order chi connectivity index (χ1) is 9.60. The van der Waals surface area contributed by atoms with E-state index in [0.29, 0.717) is 18.5 Å². The van der Waals surface area contributed by atoms with Crippen LogP contribution in [0.15, 0.2) is 4.52 Å². The standard InChI is InChI=1S/C15H25N3O2/c1-4-19-15(2,3)14-17-13(20-18-14)12-9-10-7-5-6-8-11(10)16-12/h10-12,16H,4-9H2,1-3H3. The summed E-state index contributed by atoms with van der Waals surface area (Å²) in [6.45, 7) is 6.58. The second kappa shape index (κ2) is 5.45. The Kier molecular flexibility index (Phi) is 3.82. The molecular formula is C15H25N3O2. The van der Waals surface area contributed by atoms with Gasteiger partial charge in [0.1, 0.15) is 5.60 Å². The predicted octanol–water partition coefficient (Wildman–Crippen LogP) is 2.93. The van der Waals surface area contributed by atoms with Crippen LogP contribution < -0.4 is 5.32 Å². The van der Waals surface area contributed by atoms with E-state index >= 15 is 0 Å². The number of nitrogens with one attached hydrogen (secondary N) is 1. The summed E-state index contributed by atoms with van der Waals surface area (Å²) in [5, 5.41) is 7.79. The largest absolute Gasteiger partial charge is 0.368 e. The lowest BCUT2D eigenvalue weighted by Crippen LogP contribution is -2.30. The van der Waals surface area contributed by atoms with Crippen LogP contribution in [0.4, 0.5) is 0 Å². The quantitative estimate of drug-likeness (QED) is 0.918. The Hall–Kier alpha value is -0.940. The van der Waals surface area contributed by atoms with E-state index in [-0.39, 0.29) is 6.04 Å². The third-order valence-corrected chi connectivity index (χ3v) is 4.65. The second-order valence-corrected chi connectivity index (χ2v) is 6.51. The molecule has 3 rings (SSSR count). The maximum atomic E-state index is 5.68. The monoisotopic (exact) mass is 279 g/mol. The van der Waals surface area contributed by atoms with E-state index in [1.807, 2.05) is 20.8 Å². The molecule has 20 heavy (non-hydrogen) atoms. The van der Waals surface area contributed by atoms with Crippen LogP contribution in [0.3, 0.4) is 0 Å². The Labute approximate surface area is 120 Å². The van der Waals surface area contributed by atoms with Gasteiger partial charge in [0.15, 0.2) is 0 Å². The molecule has 112 valence electrons. The highest BCUT2D eigenvalue weighted by Crippen LogP contribution is 2.39. The smallest absolute Gasteiger partial charge is 0.243 e. The number of hydrogen-bond acceptors (Lipinski definition) is 5. The van der Waals surface area contributed by atoms with Crippen molar-refractivity contribution in [3.8, 4) is 0 Å². The molecule has 0 aromatic carbocycles. The molecule has 1 aromatic rings. The fourth-order valence-electron chi connectivity index (χ4n) is 3.56. The van der Waals surface area contributed by atoms with Gasteiger partial charge in [-0.25, -0.2) is 0 Å². The summed E-state index contributed by atoms with van der Waals surface area (Å²) in [5.41, 5.74) is -0.484. The minimum absolute atomic E-state index is 0.224. The van der Waals surface area contributed by atoms with Crippen molar-refractivity contribution < 1.29 is 9.26 Å². The fourth-order valence-corrected chi connectivity index (χ4v) is 3.56. The lowest BCUT2D eigenvalue weighted by Gasteiger charge is -2.24. The maximum absolute atomic E-state index is 5.68. The normalized spacial score (nSPS) is 30.4. The van der Waals surface area contributed by atoms with Gasteiger partial charge < -0.3 is 14.6 Å². The second-order valence-electron chi connectivity index (χ2n) is 6.51. The Bertz CT molecular complexity index is 444. The van der Waals surface area contributed by atoms with Gasteiger partial charge in [0.2, 0.25) is 11.7 Å². The lowest BCUT2D eigenvalue weighted by atomic mass is 9.85. The van der Waals surface area contributed by atoms with Crippen molar-refractivity contribution in [3.05, 3.63) is 11.7 Å². The number of hydrogen-bond donors (Lipinski definition) is 1. The van der Waals surface area contributed by atoms with E-state index in [2.05, 4.69) is 15.5 Å². The molecule has 1 saturated heterocycles. The molecule has 1 saturated carbocycles. The van der Waals surface area contributed by atoms with Crippen molar-refractivity contribution in [3.63, 3.8) is 0 Å². The summed E-state index contributed by atoms with van der Waals surface area (Å²) in [4.78, 5) is 4.58. The SMILES string of the molecule is CCOC(C)(C)c1noc(C2CC3CCCCC3N2)n1. The highest BCUT2D eigenvalue weighted by atomic mass is 16.5. The molecule has 0 amide bonds. The van der Waals surface area contributed by atoms with Gasteiger partial charge in [-0.05, 0) is 46.0 Å². The first-order valence-corrected chi connectivity index (χ1v) is 7.84. The molecule has 0 radical (unpaired) electrons. The molecule has 1 aromatic heterocycles. The zero-order valence-electron chi connectivity index (χ0n) is 12.7. The van der Waals surface area contributed by atoms with Crippen LogP contribution in [-0.4, -0.2) is 22.8 Å². The van der Waals surface area contributed by atoms with Gasteiger partial charge in [0, 0.05) is 12.6 Å². The summed E-state index contributed by atoms with van der Waals surface area (Å²) >= 11 is 0. The van der Waals surface area contributed by atoms with E-state index < -0.39 is 5.60 Å². The summed E-state index contributed by atoms with van der Waals surface area (Å²) in [5.74, 6) is 2.15. The molecule has 5 nitrogen and oxygen atoms in total. The maximum Gasteiger partial charge on any atom is 0.243 e. The Morgan fingerprint density at radius 3 is 2.90 bits per heavy atom. The van der Waals surface area contributed by atoms with Gasteiger partial charge >= 0.3 is 0 Å².